The Morgan fingerprint density at radius 1 is 1.36 bits per heavy atom. The Hall–Kier alpha value is -0.630. The maximum absolute atomic E-state index is 11.6. The summed E-state index contributed by atoms with van der Waals surface area (Å²) in [6.45, 7) is 0. The third-order valence-electron chi connectivity index (χ3n) is 2.88. The van der Waals surface area contributed by atoms with Crippen LogP contribution < -0.4 is 0 Å². The Bertz CT molecular complexity index is 346. The molecule has 0 saturated heterocycles. The van der Waals surface area contributed by atoms with Gasteiger partial charge in [-0.3, -0.25) is 4.79 Å². The number of alkyl halides is 1. The smallest absolute Gasteiger partial charge is 0.163 e. The lowest BCUT2D eigenvalue weighted by atomic mass is 9.81. The minimum Gasteiger partial charge on any atom is -0.294 e. The molecule has 1 aromatic rings. The quantitative estimate of drug-likeness (QED) is 0.737. The van der Waals surface area contributed by atoms with Gasteiger partial charge in [0.1, 0.15) is 0 Å². The zero-order valence-corrected chi connectivity index (χ0v) is 9.59. The fraction of sp³-hybridized carbons (Fsp3) is 0.417. The molecule has 1 nitrogen and oxygen atoms in total. The summed E-state index contributed by atoms with van der Waals surface area (Å²) in [5.74, 6) is 0.884. The van der Waals surface area contributed by atoms with Crippen LogP contribution in [0.1, 0.15) is 41.1 Å². The Kier molecular flexibility index (Phi) is 3.02. The van der Waals surface area contributed by atoms with Crippen LogP contribution in [0.5, 0.6) is 0 Å². The molecule has 0 bridgehead atoms. The lowest BCUT2D eigenvalue weighted by Gasteiger charge is -2.23. The molecule has 0 aromatic heterocycles. The molecule has 0 fully saturated rings. The van der Waals surface area contributed by atoms with Gasteiger partial charge in [0.05, 0.1) is 0 Å². The number of carbonyl (C=O) groups excluding carboxylic acids is 1. The molecule has 0 amide bonds. The van der Waals surface area contributed by atoms with Gasteiger partial charge in [-0.05, 0) is 24.3 Å². The number of ketones is 1. The van der Waals surface area contributed by atoms with Crippen molar-refractivity contribution in [1.82, 2.24) is 0 Å². The summed E-state index contributed by atoms with van der Waals surface area (Å²) in [4.78, 5) is 11.6. The maximum atomic E-state index is 11.6. The summed E-state index contributed by atoms with van der Waals surface area (Å²) in [7, 11) is 0. The van der Waals surface area contributed by atoms with Gasteiger partial charge in [-0.2, -0.15) is 0 Å². The van der Waals surface area contributed by atoms with Crippen LogP contribution in [0, 0.1) is 0 Å². The second-order valence-electron chi connectivity index (χ2n) is 3.72. The van der Waals surface area contributed by atoms with Crippen molar-refractivity contribution in [3.05, 3.63) is 35.4 Å². The van der Waals surface area contributed by atoms with Crippen molar-refractivity contribution in [1.29, 1.82) is 0 Å². The number of rotatable bonds is 2. The van der Waals surface area contributed by atoms with Crippen molar-refractivity contribution in [3.8, 4) is 0 Å². The predicted octanol–water partition coefficient (Wildman–Crippen LogP) is 3.53. The predicted molar refractivity (Wildman–Crippen MR) is 61.2 cm³/mol. The van der Waals surface area contributed by atoms with Crippen LogP contribution in [0.4, 0.5) is 0 Å². The molecule has 0 aliphatic heterocycles. The van der Waals surface area contributed by atoms with Gasteiger partial charge in [0.25, 0.3) is 0 Å². The van der Waals surface area contributed by atoms with Gasteiger partial charge in [0, 0.05) is 17.3 Å². The van der Waals surface area contributed by atoms with Crippen molar-refractivity contribution < 1.29 is 4.79 Å². The summed E-state index contributed by atoms with van der Waals surface area (Å²) >= 11 is 3.47. The van der Waals surface area contributed by atoms with Gasteiger partial charge in [0.2, 0.25) is 0 Å². The topological polar surface area (TPSA) is 17.1 Å². The molecule has 74 valence electrons. The van der Waals surface area contributed by atoms with Crippen LogP contribution in [0.2, 0.25) is 0 Å². The minimum absolute atomic E-state index is 0.312. The Balaban J connectivity index is 2.36. The molecule has 0 saturated carbocycles. The first-order valence-electron chi connectivity index (χ1n) is 5.01. The number of Topliss-reactive ketones (excluding diaryl/α,β-unsaturated/α-hetero) is 1. The zero-order chi connectivity index (χ0) is 9.97. The van der Waals surface area contributed by atoms with E-state index in [9.17, 15) is 4.79 Å². The molecular weight excluding hydrogens is 240 g/mol. The first kappa shape index (κ1) is 9.91. The highest BCUT2D eigenvalue weighted by atomic mass is 79.9. The van der Waals surface area contributed by atoms with E-state index in [0.29, 0.717) is 18.1 Å². The summed E-state index contributed by atoms with van der Waals surface area (Å²) < 4.78 is 0. The Morgan fingerprint density at radius 3 is 2.93 bits per heavy atom. The van der Waals surface area contributed by atoms with E-state index in [1.165, 1.54) is 5.56 Å². The zero-order valence-electron chi connectivity index (χ0n) is 8.00. The molecule has 0 spiro atoms. The highest BCUT2D eigenvalue weighted by Gasteiger charge is 2.24. The fourth-order valence-electron chi connectivity index (χ4n) is 2.13. The van der Waals surface area contributed by atoms with Crippen molar-refractivity contribution >= 4 is 21.7 Å². The molecule has 14 heavy (non-hydrogen) atoms. The van der Waals surface area contributed by atoms with Gasteiger partial charge in [-0.15, -0.1) is 0 Å². The van der Waals surface area contributed by atoms with E-state index in [4.69, 9.17) is 0 Å². The van der Waals surface area contributed by atoms with E-state index >= 15 is 0 Å². The van der Waals surface area contributed by atoms with E-state index in [0.717, 1.165) is 23.7 Å². The number of carbonyl (C=O) groups is 1. The molecule has 0 radical (unpaired) electrons. The van der Waals surface area contributed by atoms with Crippen molar-refractivity contribution in [3.63, 3.8) is 0 Å². The molecule has 0 N–H and O–H groups in total. The van der Waals surface area contributed by atoms with Gasteiger partial charge < -0.3 is 0 Å². The van der Waals surface area contributed by atoms with Crippen molar-refractivity contribution in [2.45, 2.75) is 25.2 Å². The molecule has 0 heterocycles. The molecule has 1 aliphatic rings. The second kappa shape index (κ2) is 4.26. The third kappa shape index (κ3) is 1.76. The molecular formula is C12H13BrO. The van der Waals surface area contributed by atoms with E-state index in [-0.39, 0.29) is 0 Å². The van der Waals surface area contributed by atoms with Crippen LogP contribution in [0.15, 0.2) is 24.3 Å². The number of hydrogen-bond acceptors (Lipinski definition) is 1. The average Bonchev–Trinajstić information content (AvgIpc) is 2.23. The molecule has 2 rings (SSSR count). The lowest BCUT2D eigenvalue weighted by molar-refractivity contribution is 0.0966. The minimum atomic E-state index is 0.312. The lowest BCUT2D eigenvalue weighted by Crippen LogP contribution is -2.15. The summed E-state index contributed by atoms with van der Waals surface area (Å²) in [6, 6.07) is 8.03. The van der Waals surface area contributed by atoms with E-state index in [2.05, 4.69) is 22.0 Å². The summed E-state index contributed by atoms with van der Waals surface area (Å²) in [5, 5.41) is 1.01. The monoisotopic (exact) mass is 252 g/mol. The highest BCUT2D eigenvalue weighted by molar-refractivity contribution is 9.09. The van der Waals surface area contributed by atoms with Crippen LogP contribution >= 0.6 is 15.9 Å². The fourth-order valence-corrected chi connectivity index (χ4v) is 2.69. The summed E-state index contributed by atoms with van der Waals surface area (Å²) in [6.07, 6.45) is 2.86. The number of halogens is 1. The molecule has 1 aliphatic carbocycles. The number of fused-ring (bicyclic) bond motifs is 1. The maximum Gasteiger partial charge on any atom is 0.163 e. The van der Waals surface area contributed by atoms with Gasteiger partial charge in [-0.1, -0.05) is 40.2 Å². The standard InChI is InChI=1S/C12H13BrO/c13-8-7-9-5-6-12(14)11-4-2-1-3-10(9)11/h1-4,9H,5-8H2. The Morgan fingerprint density at radius 2 is 2.14 bits per heavy atom. The van der Waals surface area contributed by atoms with Gasteiger partial charge in [0.15, 0.2) is 5.78 Å². The Labute approximate surface area is 92.6 Å². The van der Waals surface area contributed by atoms with E-state index in [1.54, 1.807) is 0 Å². The number of hydrogen-bond donors (Lipinski definition) is 0. The largest absolute Gasteiger partial charge is 0.294 e. The van der Waals surface area contributed by atoms with Crippen LogP contribution in [-0.4, -0.2) is 11.1 Å². The second-order valence-corrected chi connectivity index (χ2v) is 4.52. The van der Waals surface area contributed by atoms with E-state index in [1.807, 2.05) is 18.2 Å². The van der Waals surface area contributed by atoms with Gasteiger partial charge in [-0.25, -0.2) is 0 Å². The number of benzene rings is 1. The SMILES string of the molecule is O=C1CCC(CCBr)c2ccccc21. The first-order valence-corrected chi connectivity index (χ1v) is 6.13. The first-order chi connectivity index (χ1) is 6.83. The summed E-state index contributed by atoms with van der Waals surface area (Å²) in [5.41, 5.74) is 2.20. The van der Waals surface area contributed by atoms with Crippen molar-refractivity contribution in [2.24, 2.45) is 0 Å². The van der Waals surface area contributed by atoms with Crippen LogP contribution in [0.25, 0.3) is 0 Å². The normalized spacial score (nSPS) is 20.6. The molecule has 1 unspecified atom stereocenters. The highest BCUT2D eigenvalue weighted by Crippen LogP contribution is 2.33. The van der Waals surface area contributed by atoms with E-state index < -0.39 is 0 Å². The molecule has 1 aromatic carbocycles. The van der Waals surface area contributed by atoms with Crippen molar-refractivity contribution in [2.75, 3.05) is 5.33 Å². The van der Waals surface area contributed by atoms with Crippen LogP contribution in [-0.2, 0) is 0 Å². The average molecular weight is 253 g/mol. The van der Waals surface area contributed by atoms with Crippen LogP contribution in [0.3, 0.4) is 0 Å². The third-order valence-corrected chi connectivity index (χ3v) is 3.34. The molecule has 2 heteroatoms. The van der Waals surface area contributed by atoms with Gasteiger partial charge >= 0.3 is 0 Å². The molecule has 1 atom stereocenters.